The summed E-state index contributed by atoms with van der Waals surface area (Å²) in [5.74, 6) is 0. The third kappa shape index (κ3) is 250. The Bertz CT molecular complexity index is 29.0. The molecule has 0 saturated heterocycles. The van der Waals surface area contributed by atoms with Crippen molar-refractivity contribution < 1.29 is 20.2 Å². The van der Waals surface area contributed by atoms with Crippen LogP contribution in [0.15, 0.2) is 0 Å². The van der Waals surface area contributed by atoms with Gasteiger partial charge in [-0.15, -0.1) is 0 Å². The zero-order valence-electron chi connectivity index (χ0n) is 1.64. The van der Waals surface area contributed by atoms with Gasteiger partial charge in [0.2, 0.25) is 0 Å². The quantitative estimate of drug-likeness (QED) is 0.239. The van der Waals surface area contributed by atoms with E-state index >= 15 is 0 Å². The Morgan fingerprint density at radius 3 is 2.00 bits per heavy atom. The van der Waals surface area contributed by atoms with Crippen molar-refractivity contribution in [3.63, 3.8) is 0 Å². The van der Waals surface area contributed by atoms with E-state index in [0.717, 1.165) is 0 Å². The number of nitro groups is 1. The standard InChI is InChI=1S/Mn.NO2/c;2-1-3. The molecule has 0 amide bonds. The Kier molecular flexibility index (Phi) is 1.24. The molecule has 0 aliphatic carbocycles. The van der Waals surface area contributed by atoms with Gasteiger partial charge in [-0.2, -0.15) is 0 Å². The molecule has 4 heavy (non-hydrogen) atoms. The van der Waals surface area contributed by atoms with Gasteiger partial charge < -0.3 is 0 Å². The van der Waals surface area contributed by atoms with Crippen LogP contribution in [0.1, 0.15) is 0 Å². The fourth-order valence-corrected chi connectivity index (χ4v) is 0. The van der Waals surface area contributed by atoms with Gasteiger partial charge in [0, 0.05) is 0 Å². The first-order valence-electron chi connectivity index (χ1n) is 0.534. The topological polar surface area (TPSA) is 43.1 Å². The Labute approximate surface area is 31.2 Å². The summed E-state index contributed by atoms with van der Waals surface area (Å²) in [5.41, 5.74) is 0. The molecular formula is MnNO2. The molecule has 0 fully saturated rings. The Morgan fingerprint density at radius 1 is 2.00 bits per heavy atom. The molecule has 0 atom stereocenters. The van der Waals surface area contributed by atoms with E-state index in [1.165, 1.54) is 0 Å². The van der Waals surface area contributed by atoms with Crippen molar-refractivity contribution >= 4 is 0 Å². The molecule has 0 rings (SSSR count). The molecule has 0 aliphatic rings. The second-order valence-corrected chi connectivity index (χ2v) is 0.644. The van der Waals surface area contributed by atoms with Crippen molar-refractivity contribution in [1.82, 2.24) is 0 Å². The van der Waals surface area contributed by atoms with Crippen LogP contribution in [-0.4, -0.2) is 3.94 Å². The predicted molar refractivity (Wildman–Crippen MR) is 6.99 cm³/mol. The Balaban J connectivity index is 2.80. The van der Waals surface area contributed by atoms with Gasteiger partial charge in [-0.25, -0.2) is 0 Å². The molecule has 0 aromatic rings. The molecule has 0 bridgehead atoms. The Hall–Kier alpha value is -0.0805. The normalized spacial score (nSPS) is 6.25. The predicted octanol–water partition coefficient (Wildman–Crippen LogP) is -0.275. The van der Waals surface area contributed by atoms with Crippen molar-refractivity contribution in [3.8, 4) is 0 Å². The van der Waals surface area contributed by atoms with Crippen LogP contribution in [0.3, 0.4) is 0 Å². The first kappa shape index (κ1) is 3.92. The summed E-state index contributed by atoms with van der Waals surface area (Å²) in [5, 5.41) is 8.72. The van der Waals surface area contributed by atoms with Crippen LogP contribution < -0.4 is 0 Å². The molecule has 4 heteroatoms. The van der Waals surface area contributed by atoms with E-state index in [2.05, 4.69) is 0 Å². The summed E-state index contributed by atoms with van der Waals surface area (Å²) in [7, 11) is 0. The van der Waals surface area contributed by atoms with Gasteiger partial charge in [-0.05, 0) is 0 Å². The van der Waals surface area contributed by atoms with Crippen LogP contribution in [0.4, 0.5) is 0 Å². The van der Waals surface area contributed by atoms with Crippen LogP contribution in [-0.2, 0) is 16.2 Å². The van der Waals surface area contributed by atoms with Gasteiger partial charge in [0.1, 0.15) is 0 Å². The number of hydrogen-bond acceptors (Lipinski definition) is 2. The third-order valence-electron chi connectivity index (χ3n) is 0. The van der Waals surface area contributed by atoms with Crippen LogP contribution in [0.5, 0.6) is 0 Å². The van der Waals surface area contributed by atoms with Gasteiger partial charge >= 0.3 is 30.3 Å². The number of rotatable bonds is 0. The molecule has 0 N–H and O–H groups in total. The van der Waals surface area contributed by atoms with E-state index in [4.69, 9.17) is 10.1 Å². The van der Waals surface area contributed by atoms with E-state index in [0.29, 0.717) is 0 Å². The fraction of sp³-hybridized carbons (Fsp3) is 0. The van der Waals surface area contributed by atoms with Crippen molar-refractivity contribution in [2.24, 2.45) is 0 Å². The maximum atomic E-state index is 8.72. The molecule has 0 unspecified atom stereocenters. The SMILES string of the molecule is O=[N+]([O-])[Mn]. The second kappa shape index (κ2) is 1.26. The zero-order valence-corrected chi connectivity index (χ0v) is 2.82. The van der Waals surface area contributed by atoms with Gasteiger partial charge in [-0.3, -0.25) is 0 Å². The van der Waals surface area contributed by atoms with E-state index in [9.17, 15) is 0 Å². The second-order valence-electron chi connectivity index (χ2n) is 0.213. The van der Waals surface area contributed by atoms with Gasteiger partial charge in [-0.1, -0.05) is 0 Å². The van der Waals surface area contributed by atoms with Crippen LogP contribution >= 0.6 is 0 Å². The van der Waals surface area contributed by atoms with E-state index in [-0.39, 0.29) is 0 Å². The van der Waals surface area contributed by atoms with Crippen molar-refractivity contribution in [2.75, 3.05) is 0 Å². The van der Waals surface area contributed by atoms with Gasteiger partial charge in [0.15, 0.2) is 0 Å². The summed E-state index contributed by atoms with van der Waals surface area (Å²) in [6, 6.07) is 0. The first-order valence-corrected chi connectivity index (χ1v) is 1.06. The van der Waals surface area contributed by atoms with Gasteiger partial charge in [0.05, 0.1) is 0 Å². The molecule has 0 saturated carbocycles. The molecule has 24 valence electrons. The summed E-state index contributed by atoms with van der Waals surface area (Å²) in [6.07, 6.45) is 0. The number of nitrogens with zero attached hydrogens (tertiary/aromatic N) is 1. The van der Waals surface area contributed by atoms with E-state index in [1.807, 2.05) is 16.2 Å². The minimum atomic E-state index is -0.688. The Morgan fingerprint density at radius 2 is 2.00 bits per heavy atom. The number of hydrogen-bond donors (Lipinski definition) is 0. The molecule has 0 aromatic carbocycles. The maximum absolute atomic E-state index is 8.72. The molecule has 0 aromatic heterocycles. The summed E-state index contributed by atoms with van der Waals surface area (Å²) < 4.78 is -0.688. The molecule has 0 heterocycles. The van der Waals surface area contributed by atoms with Crippen LogP contribution in [0, 0.1) is 10.1 Å². The van der Waals surface area contributed by atoms with Gasteiger partial charge in [0.25, 0.3) is 0 Å². The average Bonchev–Trinajstić information content (AvgIpc) is 0.811. The van der Waals surface area contributed by atoms with E-state index in [1.54, 1.807) is 0 Å². The molecule has 0 spiro atoms. The minimum absolute atomic E-state index is 0.688. The first-order chi connectivity index (χ1) is 1.73. The summed E-state index contributed by atoms with van der Waals surface area (Å²) in [4.78, 5) is 8.72. The molecule has 0 radical (unpaired) electrons. The summed E-state index contributed by atoms with van der Waals surface area (Å²) >= 11 is 1.99. The van der Waals surface area contributed by atoms with Crippen molar-refractivity contribution in [2.45, 2.75) is 0 Å². The monoisotopic (exact) mass is 101 g/mol. The average molecular weight is 101 g/mol. The van der Waals surface area contributed by atoms with E-state index < -0.39 is 3.94 Å². The van der Waals surface area contributed by atoms with Crippen LogP contribution in [0.25, 0.3) is 0 Å². The fourth-order valence-electron chi connectivity index (χ4n) is 0. The molecule has 3 nitrogen and oxygen atoms in total. The van der Waals surface area contributed by atoms with Crippen LogP contribution in [0.2, 0.25) is 0 Å². The third-order valence-corrected chi connectivity index (χ3v) is 0. The zero-order chi connectivity index (χ0) is 3.58. The molecule has 0 aliphatic heterocycles. The van der Waals surface area contributed by atoms with Crippen molar-refractivity contribution in [1.29, 1.82) is 0 Å². The molecular weight excluding hydrogens is 101 g/mol. The van der Waals surface area contributed by atoms with Crippen molar-refractivity contribution in [3.05, 3.63) is 10.1 Å². The summed E-state index contributed by atoms with van der Waals surface area (Å²) in [6.45, 7) is 0.